The van der Waals surface area contributed by atoms with E-state index in [0.717, 1.165) is 5.69 Å². The molecule has 1 aromatic rings. The van der Waals surface area contributed by atoms with Gasteiger partial charge in [-0.05, 0) is 25.8 Å². The summed E-state index contributed by atoms with van der Waals surface area (Å²) in [5.74, 6) is 0.368. The van der Waals surface area contributed by atoms with Crippen LogP contribution in [0.5, 0.6) is 5.88 Å². The Morgan fingerprint density at radius 2 is 2.05 bits per heavy atom. The third-order valence-corrected chi connectivity index (χ3v) is 3.83. The Morgan fingerprint density at radius 1 is 1.41 bits per heavy atom. The van der Waals surface area contributed by atoms with Gasteiger partial charge in [-0.25, -0.2) is 4.98 Å². The van der Waals surface area contributed by atoms with E-state index in [-0.39, 0.29) is 24.9 Å². The molecular weight excluding hydrogens is 308 g/mol. The van der Waals surface area contributed by atoms with Crippen molar-refractivity contribution in [2.75, 3.05) is 13.2 Å². The summed E-state index contributed by atoms with van der Waals surface area (Å²) < 4.78 is 5.72. The summed E-state index contributed by atoms with van der Waals surface area (Å²) >= 11 is 0. The average molecular weight is 331 g/mol. The predicted octanol–water partition coefficient (Wildman–Crippen LogP) is 0.829. The normalized spacial score (nSPS) is 27.1. The molecule has 1 aliphatic carbocycles. The first kappa shape index (κ1) is 18.7. The van der Waals surface area contributed by atoms with Gasteiger partial charge in [-0.15, -0.1) is 12.4 Å². The Kier molecular flexibility index (Phi) is 6.59. The zero-order valence-corrected chi connectivity index (χ0v) is 13.6. The fraction of sp³-hybridized carbons (Fsp3) is 0.600. The van der Waals surface area contributed by atoms with Gasteiger partial charge in [0.25, 0.3) is 0 Å². The molecule has 2 rings (SSSR count). The molecule has 0 aliphatic heterocycles. The molecule has 7 heteroatoms. The van der Waals surface area contributed by atoms with Crippen molar-refractivity contribution in [3.8, 4) is 5.88 Å². The van der Waals surface area contributed by atoms with E-state index >= 15 is 0 Å². The zero-order valence-electron chi connectivity index (χ0n) is 12.8. The van der Waals surface area contributed by atoms with E-state index < -0.39 is 17.6 Å². The molecule has 1 amide bonds. The Balaban J connectivity index is 0.00000242. The molecule has 1 saturated carbocycles. The van der Waals surface area contributed by atoms with Gasteiger partial charge in [0, 0.05) is 30.6 Å². The van der Waals surface area contributed by atoms with Crippen LogP contribution in [0.1, 0.15) is 25.5 Å². The number of aliphatic hydroxyl groups excluding tert-OH is 2. The highest BCUT2D eigenvalue weighted by Crippen LogP contribution is 2.38. The van der Waals surface area contributed by atoms with Crippen LogP contribution in [0.4, 0.5) is 0 Å². The van der Waals surface area contributed by atoms with Crippen molar-refractivity contribution in [2.45, 2.75) is 38.9 Å². The first-order chi connectivity index (χ1) is 9.90. The highest BCUT2D eigenvalue weighted by molar-refractivity contribution is 5.85. The molecule has 3 N–H and O–H groups in total. The maximum Gasteiger partial charge on any atom is 0.216 e. The van der Waals surface area contributed by atoms with Crippen LogP contribution in [-0.4, -0.2) is 46.5 Å². The number of aromatic nitrogens is 1. The molecule has 6 nitrogen and oxygen atoms in total. The maximum atomic E-state index is 11.1. The van der Waals surface area contributed by atoms with E-state index in [1.807, 2.05) is 19.1 Å². The van der Waals surface area contributed by atoms with Gasteiger partial charge in [0.1, 0.15) is 0 Å². The largest absolute Gasteiger partial charge is 0.477 e. The summed E-state index contributed by atoms with van der Waals surface area (Å²) in [5.41, 5.74) is 0.380. The van der Waals surface area contributed by atoms with Crippen LogP contribution in [0.2, 0.25) is 0 Å². The third-order valence-electron chi connectivity index (χ3n) is 3.83. The molecule has 0 spiro atoms. The second-order valence-electron chi connectivity index (χ2n) is 5.86. The maximum absolute atomic E-state index is 11.1. The first-order valence-electron chi connectivity index (χ1n) is 7.07. The predicted molar refractivity (Wildman–Crippen MR) is 84.1 cm³/mol. The molecule has 0 bridgehead atoms. The minimum absolute atomic E-state index is 0. The fourth-order valence-corrected chi connectivity index (χ4v) is 2.69. The van der Waals surface area contributed by atoms with E-state index in [0.29, 0.717) is 25.3 Å². The van der Waals surface area contributed by atoms with Crippen LogP contribution in [0.25, 0.3) is 0 Å². The number of aliphatic hydroxyl groups is 2. The lowest BCUT2D eigenvalue weighted by Crippen LogP contribution is -2.39. The molecule has 1 unspecified atom stereocenters. The molecule has 1 heterocycles. The SMILES string of the molecule is CC(=O)NCC1(COc2cccc(C)n2)C[C@@H](O)[C@@H](O)C1.Cl. The average Bonchev–Trinajstić information content (AvgIpc) is 2.71. The standard InChI is InChI=1S/C15H22N2O4.ClH/c1-10-4-3-5-14(17-10)21-9-15(8-16-11(2)18)6-12(19)13(20)7-15;/h3-5,12-13,19-20H,6-9H2,1-2H3,(H,16,18);1H/t12-,13+,15?;. The molecule has 1 fully saturated rings. The number of nitrogens with one attached hydrogen (secondary N) is 1. The van der Waals surface area contributed by atoms with E-state index in [1.54, 1.807) is 6.07 Å². The van der Waals surface area contributed by atoms with Crippen molar-refractivity contribution in [1.82, 2.24) is 10.3 Å². The highest BCUT2D eigenvalue weighted by Gasteiger charge is 2.45. The zero-order chi connectivity index (χ0) is 15.5. The topological polar surface area (TPSA) is 91.7 Å². The van der Waals surface area contributed by atoms with Crippen LogP contribution in [0.3, 0.4) is 0 Å². The molecule has 0 saturated heterocycles. The molecular formula is C15H23ClN2O4. The second kappa shape index (κ2) is 7.76. The van der Waals surface area contributed by atoms with E-state index in [4.69, 9.17) is 4.74 Å². The van der Waals surface area contributed by atoms with Gasteiger partial charge >= 0.3 is 0 Å². The lowest BCUT2D eigenvalue weighted by molar-refractivity contribution is -0.119. The van der Waals surface area contributed by atoms with Crippen molar-refractivity contribution in [3.05, 3.63) is 23.9 Å². The summed E-state index contributed by atoms with van der Waals surface area (Å²) in [4.78, 5) is 15.4. The van der Waals surface area contributed by atoms with Gasteiger partial charge in [0.05, 0.1) is 18.8 Å². The van der Waals surface area contributed by atoms with Gasteiger partial charge in [-0.2, -0.15) is 0 Å². The molecule has 0 aromatic carbocycles. The minimum atomic E-state index is -0.784. The number of rotatable bonds is 5. The third kappa shape index (κ3) is 4.83. The van der Waals surface area contributed by atoms with Gasteiger partial charge in [-0.1, -0.05) is 6.07 Å². The number of carbonyl (C=O) groups excluding carboxylic acids is 1. The Morgan fingerprint density at radius 3 is 2.59 bits per heavy atom. The quantitative estimate of drug-likeness (QED) is 0.743. The lowest BCUT2D eigenvalue weighted by Gasteiger charge is -2.28. The summed E-state index contributed by atoms with van der Waals surface area (Å²) in [5, 5.41) is 22.4. The summed E-state index contributed by atoms with van der Waals surface area (Å²) in [7, 11) is 0. The highest BCUT2D eigenvalue weighted by atomic mass is 35.5. The minimum Gasteiger partial charge on any atom is -0.477 e. The molecule has 22 heavy (non-hydrogen) atoms. The Hall–Kier alpha value is -1.37. The van der Waals surface area contributed by atoms with Gasteiger partial charge < -0.3 is 20.3 Å². The molecule has 1 aromatic heterocycles. The Bertz CT molecular complexity index is 502. The van der Waals surface area contributed by atoms with Crippen LogP contribution >= 0.6 is 12.4 Å². The van der Waals surface area contributed by atoms with Crippen molar-refractivity contribution < 1.29 is 19.7 Å². The van der Waals surface area contributed by atoms with Crippen LogP contribution in [-0.2, 0) is 4.79 Å². The molecule has 124 valence electrons. The second-order valence-corrected chi connectivity index (χ2v) is 5.86. The number of halogens is 1. The summed E-state index contributed by atoms with van der Waals surface area (Å²) in [6, 6.07) is 5.50. The van der Waals surface area contributed by atoms with Crippen molar-refractivity contribution >= 4 is 18.3 Å². The lowest BCUT2D eigenvalue weighted by atomic mass is 9.86. The summed E-state index contributed by atoms with van der Waals surface area (Å²) in [6.45, 7) is 3.97. The number of nitrogens with zero attached hydrogens (tertiary/aromatic N) is 1. The van der Waals surface area contributed by atoms with Gasteiger partial charge in [0.2, 0.25) is 11.8 Å². The number of ether oxygens (including phenoxy) is 1. The fourth-order valence-electron chi connectivity index (χ4n) is 2.69. The monoisotopic (exact) mass is 330 g/mol. The van der Waals surface area contributed by atoms with Crippen LogP contribution in [0, 0.1) is 12.3 Å². The number of carbonyl (C=O) groups is 1. The number of hydrogen-bond donors (Lipinski definition) is 3. The van der Waals surface area contributed by atoms with E-state index in [1.165, 1.54) is 6.92 Å². The summed E-state index contributed by atoms with van der Waals surface area (Å²) in [6.07, 6.45) is -0.791. The van der Waals surface area contributed by atoms with E-state index in [9.17, 15) is 15.0 Å². The number of pyridine rings is 1. The number of amides is 1. The van der Waals surface area contributed by atoms with Gasteiger partial charge in [0.15, 0.2) is 0 Å². The Labute approximate surface area is 136 Å². The van der Waals surface area contributed by atoms with Crippen molar-refractivity contribution in [2.24, 2.45) is 5.41 Å². The number of hydrogen-bond acceptors (Lipinski definition) is 5. The van der Waals surface area contributed by atoms with Crippen molar-refractivity contribution in [1.29, 1.82) is 0 Å². The smallest absolute Gasteiger partial charge is 0.216 e. The van der Waals surface area contributed by atoms with Crippen LogP contribution in [0.15, 0.2) is 18.2 Å². The number of aryl methyl sites for hydroxylation is 1. The van der Waals surface area contributed by atoms with E-state index in [2.05, 4.69) is 10.3 Å². The molecule has 0 radical (unpaired) electrons. The molecule has 1 aliphatic rings. The van der Waals surface area contributed by atoms with Crippen molar-refractivity contribution in [3.63, 3.8) is 0 Å². The first-order valence-corrected chi connectivity index (χ1v) is 7.07. The van der Waals surface area contributed by atoms with Gasteiger partial charge in [-0.3, -0.25) is 4.79 Å². The van der Waals surface area contributed by atoms with Crippen LogP contribution < -0.4 is 10.1 Å². The molecule has 3 atom stereocenters.